The van der Waals surface area contributed by atoms with Crippen molar-refractivity contribution in [1.29, 1.82) is 0 Å². The molecule has 220 valence electrons. The third kappa shape index (κ3) is 10.9. The van der Waals surface area contributed by atoms with Crippen LogP contribution in [0.4, 0.5) is 0 Å². The summed E-state index contributed by atoms with van der Waals surface area (Å²) in [6.45, 7) is 0.699. The van der Waals surface area contributed by atoms with Crippen molar-refractivity contribution < 1.29 is 37.7 Å². The summed E-state index contributed by atoms with van der Waals surface area (Å²) >= 11 is 0. The maximum Gasteiger partial charge on any atom is 0.303 e. The molecule has 0 saturated carbocycles. The molecule has 1 aromatic heterocycles. The number of carboxylic acids is 2. The zero-order valence-corrected chi connectivity index (χ0v) is 24.1. The number of nitrogens with zero attached hydrogens (tertiary/aromatic N) is 1. The lowest BCUT2D eigenvalue weighted by molar-refractivity contribution is -0.138. The molecule has 0 amide bonds. The molecule has 2 aromatic carbocycles. The molecule has 3 aromatic rings. The van der Waals surface area contributed by atoms with E-state index < -0.39 is 21.8 Å². The molecule has 3 rings (SSSR count). The van der Waals surface area contributed by atoms with Gasteiger partial charge in [-0.25, -0.2) is 8.42 Å². The highest BCUT2D eigenvalue weighted by atomic mass is 32.2. The molecule has 0 unspecified atom stereocenters. The molecule has 0 spiro atoms. The van der Waals surface area contributed by atoms with Gasteiger partial charge in [-0.05, 0) is 79.6 Å². The molecule has 10 heteroatoms. The summed E-state index contributed by atoms with van der Waals surface area (Å²) in [5.41, 5.74) is 3.25. The number of carbonyl (C=O) groups is 2. The summed E-state index contributed by atoms with van der Waals surface area (Å²) in [5, 5.41) is 18.0. The summed E-state index contributed by atoms with van der Waals surface area (Å²) < 4.78 is 36.2. The van der Waals surface area contributed by atoms with Crippen LogP contribution in [0.25, 0.3) is 11.3 Å². The van der Waals surface area contributed by atoms with Crippen LogP contribution >= 0.6 is 0 Å². The van der Waals surface area contributed by atoms with Crippen LogP contribution in [0.3, 0.4) is 0 Å². The van der Waals surface area contributed by atoms with Crippen LogP contribution < -0.4 is 9.47 Å². The number of sulfone groups is 1. The van der Waals surface area contributed by atoms with Crippen molar-refractivity contribution in [2.24, 2.45) is 0 Å². The Hall–Kier alpha value is -3.92. The molecular formula is C31H37NO8S. The fraction of sp³-hybridized carbons (Fsp3) is 0.387. The first-order valence-corrected chi connectivity index (χ1v) is 15.6. The van der Waals surface area contributed by atoms with Crippen molar-refractivity contribution in [1.82, 2.24) is 4.98 Å². The number of aliphatic carboxylic acids is 2. The lowest BCUT2D eigenvalue weighted by atomic mass is 9.97. The molecule has 0 bridgehead atoms. The highest BCUT2D eigenvalue weighted by Crippen LogP contribution is 2.28. The van der Waals surface area contributed by atoms with E-state index in [9.17, 15) is 23.1 Å². The lowest BCUT2D eigenvalue weighted by Crippen LogP contribution is -2.07. The van der Waals surface area contributed by atoms with Crippen LogP contribution in [0, 0.1) is 0 Å². The standard InChI is InChI=1S/C31H37NO8S/c1-41(37,38)26-21-24(28-12-5-6-17-32-28)20-25(22-26)39-18-7-3-2-4-10-23-11-8-13-29(27(23)15-16-31(35)36)40-19-9-14-30(33)34/h5-6,8,11-13,17,20-22H,2-4,7,9-10,14-16,18-19H2,1H3,(H,33,34)(H,35,36). The highest BCUT2D eigenvalue weighted by Gasteiger charge is 2.14. The average Bonchev–Trinajstić information content (AvgIpc) is 2.94. The van der Waals surface area contributed by atoms with E-state index in [-0.39, 0.29) is 24.3 Å². The van der Waals surface area contributed by atoms with Gasteiger partial charge < -0.3 is 19.7 Å². The van der Waals surface area contributed by atoms with Crippen molar-refractivity contribution >= 4 is 21.8 Å². The third-order valence-electron chi connectivity index (χ3n) is 6.49. The quantitative estimate of drug-likeness (QED) is 0.183. The van der Waals surface area contributed by atoms with Gasteiger partial charge in [0, 0.05) is 30.9 Å². The van der Waals surface area contributed by atoms with Gasteiger partial charge in [0.15, 0.2) is 9.84 Å². The van der Waals surface area contributed by atoms with Crippen LogP contribution in [-0.4, -0.2) is 55.0 Å². The van der Waals surface area contributed by atoms with Crippen molar-refractivity contribution in [2.75, 3.05) is 19.5 Å². The summed E-state index contributed by atoms with van der Waals surface area (Å²) in [4.78, 5) is 26.5. The normalized spacial score (nSPS) is 11.2. The molecule has 0 aliphatic heterocycles. The SMILES string of the molecule is CS(=O)(=O)c1cc(OCCCCCCc2cccc(OCCCC(=O)O)c2CCC(=O)O)cc(-c2ccccn2)c1. The second kappa shape index (κ2) is 15.8. The lowest BCUT2D eigenvalue weighted by Gasteiger charge is -2.15. The Kier molecular flexibility index (Phi) is 12.1. The molecule has 0 radical (unpaired) electrons. The predicted octanol–water partition coefficient (Wildman–Crippen LogP) is 5.59. The van der Waals surface area contributed by atoms with Gasteiger partial charge in [-0.15, -0.1) is 0 Å². The Labute approximate surface area is 241 Å². The first kappa shape index (κ1) is 31.6. The maximum atomic E-state index is 12.2. The number of unbranched alkanes of at least 4 members (excludes halogenated alkanes) is 3. The van der Waals surface area contributed by atoms with Crippen molar-refractivity contribution in [2.45, 2.75) is 62.7 Å². The minimum Gasteiger partial charge on any atom is -0.494 e. The van der Waals surface area contributed by atoms with E-state index in [0.717, 1.165) is 43.2 Å². The number of aromatic nitrogens is 1. The Bertz CT molecular complexity index is 1410. The Morgan fingerprint density at radius 1 is 0.805 bits per heavy atom. The first-order chi connectivity index (χ1) is 19.6. The Morgan fingerprint density at radius 2 is 1.56 bits per heavy atom. The van der Waals surface area contributed by atoms with E-state index in [0.29, 0.717) is 42.2 Å². The van der Waals surface area contributed by atoms with Gasteiger partial charge in [0.1, 0.15) is 11.5 Å². The molecule has 2 N–H and O–H groups in total. The fourth-order valence-electron chi connectivity index (χ4n) is 4.41. The van der Waals surface area contributed by atoms with Gasteiger partial charge in [-0.1, -0.05) is 31.0 Å². The molecule has 0 aliphatic carbocycles. The van der Waals surface area contributed by atoms with Gasteiger partial charge in [-0.2, -0.15) is 0 Å². The largest absolute Gasteiger partial charge is 0.494 e. The number of ether oxygens (including phenoxy) is 2. The molecule has 0 fully saturated rings. The van der Waals surface area contributed by atoms with Crippen molar-refractivity contribution in [3.8, 4) is 22.8 Å². The summed E-state index contributed by atoms with van der Waals surface area (Å²) in [5.74, 6) is -0.665. The summed E-state index contributed by atoms with van der Waals surface area (Å²) in [7, 11) is -3.42. The second-order valence-electron chi connectivity index (χ2n) is 9.83. The van der Waals surface area contributed by atoms with E-state index in [4.69, 9.17) is 14.6 Å². The highest BCUT2D eigenvalue weighted by molar-refractivity contribution is 7.90. The van der Waals surface area contributed by atoms with Gasteiger partial charge >= 0.3 is 11.9 Å². The zero-order chi connectivity index (χ0) is 29.7. The first-order valence-electron chi connectivity index (χ1n) is 13.7. The van der Waals surface area contributed by atoms with E-state index in [1.165, 1.54) is 12.3 Å². The van der Waals surface area contributed by atoms with E-state index in [1.807, 2.05) is 24.3 Å². The number of carboxylic acid groups (broad SMARTS) is 2. The monoisotopic (exact) mass is 583 g/mol. The topological polar surface area (TPSA) is 140 Å². The summed E-state index contributed by atoms with van der Waals surface area (Å²) in [6.07, 6.45) is 7.87. The van der Waals surface area contributed by atoms with Crippen LogP contribution in [0.2, 0.25) is 0 Å². The van der Waals surface area contributed by atoms with Gasteiger partial charge in [0.2, 0.25) is 0 Å². The minimum absolute atomic E-state index is 0.0115. The molecule has 0 saturated heterocycles. The van der Waals surface area contributed by atoms with Gasteiger partial charge in [-0.3, -0.25) is 14.6 Å². The molecule has 0 aliphatic rings. The molecule has 41 heavy (non-hydrogen) atoms. The molecule has 0 atom stereocenters. The third-order valence-corrected chi connectivity index (χ3v) is 7.58. The Morgan fingerprint density at radius 3 is 2.27 bits per heavy atom. The number of hydrogen-bond acceptors (Lipinski definition) is 7. The van der Waals surface area contributed by atoms with Crippen LogP contribution in [0.5, 0.6) is 11.5 Å². The smallest absolute Gasteiger partial charge is 0.303 e. The van der Waals surface area contributed by atoms with E-state index >= 15 is 0 Å². The second-order valence-corrected chi connectivity index (χ2v) is 11.8. The Balaban J connectivity index is 1.52. The van der Waals surface area contributed by atoms with Crippen LogP contribution in [0.1, 0.15) is 56.1 Å². The average molecular weight is 584 g/mol. The minimum atomic E-state index is -3.42. The maximum absolute atomic E-state index is 12.2. The fourth-order valence-corrected chi connectivity index (χ4v) is 5.08. The van der Waals surface area contributed by atoms with Crippen LogP contribution in [-0.2, 0) is 32.3 Å². The number of pyridine rings is 1. The molecule has 1 heterocycles. The van der Waals surface area contributed by atoms with E-state index in [1.54, 1.807) is 30.5 Å². The van der Waals surface area contributed by atoms with Crippen LogP contribution in [0.15, 0.2) is 65.7 Å². The van der Waals surface area contributed by atoms with Gasteiger partial charge in [0.25, 0.3) is 0 Å². The zero-order valence-electron chi connectivity index (χ0n) is 23.3. The number of rotatable bonds is 18. The molecular weight excluding hydrogens is 546 g/mol. The van der Waals surface area contributed by atoms with Crippen molar-refractivity contribution in [3.05, 3.63) is 71.9 Å². The number of benzene rings is 2. The van der Waals surface area contributed by atoms with Crippen molar-refractivity contribution in [3.63, 3.8) is 0 Å². The number of hydrogen-bond donors (Lipinski definition) is 2. The van der Waals surface area contributed by atoms with Gasteiger partial charge in [0.05, 0.1) is 23.8 Å². The predicted molar refractivity (Wildman–Crippen MR) is 155 cm³/mol. The van der Waals surface area contributed by atoms with E-state index in [2.05, 4.69) is 4.98 Å². The number of aryl methyl sites for hydroxylation is 1. The molecule has 9 nitrogen and oxygen atoms in total. The summed E-state index contributed by atoms with van der Waals surface area (Å²) in [6, 6.07) is 16.1.